The Hall–Kier alpha value is -0.820. The first-order valence-electron chi connectivity index (χ1n) is 6.01. The van der Waals surface area contributed by atoms with Gasteiger partial charge in [-0.1, -0.05) is 44.2 Å². The largest absolute Gasteiger partial charge is 0.381 e. The van der Waals surface area contributed by atoms with Crippen molar-refractivity contribution in [2.45, 2.75) is 39.0 Å². The summed E-state index contributed by atoms with van der Waals surface area (Å²) in [6.07, 6.45) is 2.58. The molecular formula is C14H22O. The van der Waals surface area contributed by atoms with E-state index in [0.717, 1.165) is 13.2 Å². The van der Waals surface area contributed by atoms with Crippen LogP contribution in [0.1, 0.15) is 39.2 Å². The number of ether oxygens (including phenoxy) is 1. The Labute approximate surface area is 93.5 Å². The molecule has 1 nitrogen and oxygen atoms in total. The van der Waals surface area contributed by atoms with Crippen molar-refractivity contribution in [1.82, 2.24) is 0 Å². The van der Waals surface area contributed by atoms with Gasteiger partial charge in [0.25, 0.3) is 0 Å². The lowest BCUT2D eigenvalue weighted by Gasteiger charge is -2.14. The number of benzene rings is 1. The summed E-state index contributed by atoms with van der Waals surface area (Å²) >= 11 is 0. The molecule has 0 spiro atoms. The van der Waals surface area contributed by atoms with Crippen LogP contribution in [-0.2, 0) is 10.2 Å². The maximum absolute atomic E-state index is 5.52. The molecule has 15 heavy (non-hydrogen) atoms. The Kier molecular flexibility index (Phi) is 4.83. The summed E-state index contributed by atoms with van der Waals surface area (Å²) in [6, 6.07) is 10.7. The topological polar surface area (TPSA) is 9.23 Å². The third kappa shape index (κ3) is 3.07. The highest BCUT2D eigenvalue weighted by molar-refractivity contribution is 5.31. The van der Waals surface area contributed by atoms with Gasteiger partial charge in [0.2, 0.25) is 0 Å². The van der Waals surface area contributed by atoms with Gasteiger partial charge in [0, 0.05) is 12.0 Å². The molecule has 0 saturated heterocycles. The molecule has 0 heterocycles. The van der Waals surface area contributed by atoms with Gasteiger partial charge in [-0.3, -0.25) is 0 Å². The van der Waals surface area contributed by atoms with Crippen LogP contribution in [0, 0.1) is 0 Å². The summed E-state index contributed by atoms with van der Waals surface area (Å²) < 4.78 is 5.52. The second-order valence-corrected chi connectivity index (χ2v) is 3.78. The maximum atomic E-state index is 5.52. The fourth-order valence-corrected chi connectivity index (χ4v) is 1.76. The van der Waals surface area contributed by atoms with Gasteiger partial charge in [-0.2, -0.15) is 0 Å². The van der Waals surface area contributed by atoms with Crippen molar-refractivity contribution in [3.05, 3.63) is 35.9 Å². The Bertz CT molecular complexity index is 262. The van der Waals surface area contributed by atoms with Crippen molar-refractivity contribution >= 4 is 0 Å². The molecule has 1 fully saturated rings. The van der Waals surface area contributed by atoms with E-state index in [2.05, 4.69) is 37.3 Å². The van der Waals surface area contributed by atoms with E-state index in [-0.39, 0.29) is 0 Å². The highest BCUT2D eigenvalue weighted by atomic mass is 16.5. The zero-order valence-corrected chi connectivity index (χ0v) is 10.1. The van der Waals surface area contributed by atoms with E-state index in [0.29, 0.717) is 5.41 Å². The third-order valence-corrected chi connectivity index (χ3v) is 2.82. The van der Waals surface area contributed by atoms with Crippen LogP contribution in [0.5, 0.6) is 0 Å². The zero-order chi connectivity index (χ0) is 11.1. The van der Waals surface area contributed by atoms with E-state index >= 15 is 0 Å². The maximum Gasteiger partial charge on any atom is 0.0562 e. The quantitative estimate of drug-likeness (QED) is 0.728. The second-order valence-electron chi connectivity index (χ2n) is 3.78. The van der Waals surface area contributed by atoms with Crippen LogP contribution in [0.25, 0.3) is 0 Å². The van der Waals surface area contributed by atoms with E-state index in [1.807, 2.05) is 13.8 Å². The molecule has 1 heteroatoms. The molecule has 1 aromatic rings. The normalized spacial score (nSPS) is 16.5. The summed E-state index contributed by atoms with van der Waals surface area (Å²) in [5, 5.41) is 0. The van der Waals surface area contributed by atoms with E-state index in [4.69, 9.17) is 4.74 Å². The van der Waals surface area contributed by atoms with Crippen LogP contribution in [0.3, 0.4) is 0 Å². The standard InChI is InChI=1S/C12H16O.C2H6/c1-2-13-10-12(8-9-12)11-6-4-3-5-7-11;1-2/h3-7H,2,8-10H2,1H3;1-2H3. The molecule has 0 bridgehead atoms. The number of hydrogen-bond donors (Lipinski definition) is 0. The Balaban J connectivity index is 0.000000531. The van der Waals surface area contributed by atoms with Gasteiger partial charge in [-0.25, -0.2) is 0 Å². The van der Waals surface area contributed by atoms with Crippen molar-refractivity contribution in [2.75, 3.05) is 13.2 Å². The molecule has 1 aromatic carbocycles. The van der Waals surface area contributed by atoms with Gasteiger partial charge in [0.05, 0.1) is 6.61 Å². The fourth-order valence-electron chi connectivity index (χ4n) is 1.76. The third-order valence-electron chi connectivity index (χ3n) is 2.82. The predicted octanol–water partition coefficient (Wildman–Crippen LogP) is 3.78. The minimum absolute atomic E-state index is 0.372. The lowest BCUT2D eigenvalue weighted by atomic mass is 9.97. The summed E-state index contributed by atoms with van der Waals surface area (Å²) in [4.78, 5) is 0. The molecule has 1 aliphatic carbocycles. The molecule has 0 atom stereocenters. The van der Waals surface area contributed by atoms with Crippen molar-refractivity contribution in [3.8, 4) is 0 Å². The van der Waals surface area contributed by atoms with Gasteiger partial charge in [0.1, 0.15) is 0 Å². The predicted molar refractivity (Wildman–Crippen MR) is 65.2 cm³/mol. The molecule has 2 rings (SSSR count). The van der Waals surface area contributed by atoms with Gasteiger partial charge < -0.3 is 4.74 Å². The van der Waals surface area contributed by atoms with E-state index < -0.39 is 0 Å². The van der Waals surface area contributed by atoms with Gasteiger partial charge in [-0.05, 0) is 25.3 Å². The summed E-state index contributed by atoms with van der Waals surface area (Å²) in [5.41, 5.74) is 1.82. The van der Waals surface area contributed by atoms with Gasteiger partial charge in [0.15, 0.2) is 0 Å². The van der Waals surface area contributed by atoms with Crippen LogP contribution in [0.2, 0.25) is 0 Å². The molecule has 1 aliphatic rings. The molecule has 0 radical (unpaired) electrons. The summed E-state index contributed by atoms with van der Waals surface area (Å²) in [6.45, 7) is 7.78. The van der Waals surface area contributed by atoms with Gasteiger partial charge >= 0.3 is 0 Å². The van der Waals surface area contributed by atoms with Crippen LogP contribution in [0.4, 0.5) is 0 Å². The first-order valence-corrected chi connectivity index (χ1v) is 6.01. The molecule has 0 N–H and O–H groups in total. The van der Waals surface area contributed by atoms with Crippen LogP contribution >= 0.6 is 0 Å². The number of rotatable bonds is 4. The van der Waals surface area contributed by atoms with Crippen LogP contribution < -0.4 is 0 Å². The molecule has 0 aliphatic heterocycles. The minimum atomic E-state index is 0.372. The molecule has 84 valence electrons. The Morgan fingerprint density at radius 3 is 2.20 bits per heavy atom. The van der Waals surface area contributed by atoms with Crippen molar-refractivity contribution in [1.29, 1.82) is 0 Å². The Morgan fingerprint density at radius 1 is 1.13 bits per heavy atom. The smallest absolute Gasteiger partial charge is 0.0562 e. The lowest BCUT2D eigenvalue weighted by molar-refractivity contribution is 0.125. The second kappa shape index (κ2) is 5.92. The monoisotopic (exact) mass is 206 g/mol. The van der Waals surface area contributed by atoms with E-state index in [1.165, 1.54) is 18.4 Å². The highest BCUT2D eigenvalue weighted by Gasteiger charge is 2.44. The Morgan fingerprint density at radius 2 is 1.73 bits per heavy atom. The lowest BCUT2D eigenvalue weighted by Crippen LogP contribution is -2.14. The van der Waals surface area contributed by atoms with Crippen molar-refractivity contribution < 1.29 is 4.74 Å². The zero-order valence-electron chi connectivity index (χ0n) is 10.1. The molecule has 0 amide bonds. The average molecular weight is 206 g/mol. The first kappa shape index (κ1) is 12.3. The first-order chi connectivity index (χ1) is 7.37. The van der Waals surface area contributed by atoms with E-state index in [9.17, 15) is 0 Å². The number of hydrogen-bond acceptors (Lipinski definition) is 1. The molecule has 0 aromatic heterocycles. The average Bonchev–Trinajstić information content (AvgIpc) is 3.11. The van der Waals surface area contributed by atoms with Crippen LogP contribution in [0.15, 0.2) is 30.3 Å². The van der Waals surface area contributed by atoms with E-state index in [1.54, 1.807) is 0 Å². The van der Waals surface area contributed by atoms with Crippen molar-refractivity contribution in [2.24, 2.45) is 0 Å². The van der Waals surface area contributed by atoms with Crippen LogP contribution in [-0.4, -0.2) is 13.2 Å². The molecule has 0 unspecified atom stereocenters. The highest BCUT2D eigenvalue weighted by Crippen LogP contribution is 2.48. The molecular weight excluding hydrogens is 184 g/mol. The van der Waals surface area contributed by atoms with Gasteiger partial charge in [-0.15, -0.1) is 0 Å². The summed E-state index contributed by atoms with van der Waals surface area (Å²) in [7, 11) is 0. The van der Waals surface area contributed by atoms with Crippen molar-refractivity contribution in [3.63, 3.8) is 0 Å². The molecule has 1 saturated carbocycles. The summed E-state index contributed by atoms with van der Waals surface area (Å²) in [5.74, 6) is 0. The fraction of sp³-hybridized carbons (Fsp3) is 0.571. The minimum Gasteiger partial charge on any atom is -0.381 e. The SMILES string of the molecule is CC.CCOCC1(c2ccccc2)CC1.